The van der Waals surface area contributed by atoms with Crippen molar-refractivity contribution in [2.24, 2.45) is 0 Å². The van der Waals surface area contributed by atoms with Crippen molar-refractivity contribution in [3.8, 4) is 11.5 Å². The topological polar surface area (TPSA) is 40.5 Å². The lowest BCUT2D eigenvalue weighted by Crippen LogP contribution is -2.18. The first kappa shape index (κ1) is 25.3. The van der Waals surface area contributed by atoms with E-state index in [1.807, 2.05) is 0 Å². The molecule has 2 N–H and O–H groups in total. The van der Waals surface area contributed by atoms with Gasteiger partial charge in [-0.1, -0.05) is 107 Å². The highest BCUT2D eigenvalue weighted by atomic mass is 16.3. The van der Waals surface area contributed by atoms with E-state index < -0.39 is 0 Å². The first-order chi connectivity index (χ1) is 13.7. The summed E-state index contributed by atoms with van der Waals surface area (Å²) in [5.41, 5.74) is 5.28. The van der Waals surface area contributed by atoms with Crippen molar-refractivity contribution < 1.29 is 10.2 Å². The first-order valence-corrected chi connectivity index (χ1v) is 11.3. The van der Waals surface area contributed by atoms with Gasteiger partial charge in [0.15, 0.2) is 0 Å². The zero-order valence-electron chi connectivity index (χ0n) is 21.8. The Balaban J connectivity index is 2.73. The molecular formula is C29H43O2. The van der Waals surface area contributed by atoms with Crippen LogP contribution in [0, 0.1) is 6.42 Å². The molecule has 0 spiro atoms. The number of rotatable bonds is 2. The fourth-order valence-corrected chi connectivity index (χ4v) is 3.96. The number of phenolic OH excluding ortho intramolecular Hbond substituents is 2. The van der Waals surface area contributed by atoms with Gasteiger partial charge < -0.3 is 10.2 Å². The van der Waals surface area contributed by atoms with Crippen LogP contribution in [0.5, 0.6) is 11.5 Å². The standard InChI is InChI=1S/C29H43O2/c1-26(2,3)20-14-18(15-21(24(20)30)27(4,5)6)13-19-16-22(28(7,8)9)25(31)23(17-19)29(10,11)12/h13-17,30-31H,1-12H3. The minimum Gasteiger partial charge on any atom is -0.507 e. The van der Waals surface area contributed by atoms with Crippen LogP contribution < -0.4 is 0 Å². The molecule has 2 aromatic rings. The molecule has 0 aliphatic carbocycles. The predicted octanol–water partition coefficient (Wildman–Crippen LogP) is 7.89. The summed E-state index contributed by atoms with van der Waals surface area (Å²) in [6.45, 7) is 25.6. The Morgan fingerprint density at radius 1 is 0.452 bits per heavy atom. The Labute approximate surface area is 190 Å². The highest BCUT2D eigenvalue weighted by Gasteiger charge is 2.29. The van der Waals surface area contributed by atoms with E-state index in [4.69, 9.17) is 0 Å². The molecule has 171 valence electrons. The third-order valence-corrected chi connectivity index (χ3v) is 5.83. The molecule has 0 bridgehead atoms. The van der Waals surface area contributed by atoms with Gasteiger partial charge >= 0.3 is 0 Å². The predicted molar refractivity (Wildman–Crippen MR) is 134 cm³/mol. The van der Waals surface area contributed by atoms with Crippen molar-refractivity contribution >= 4 is 0 Å². The van der Waals surface area contributed by atoms with E-state index in [0.717, 1.165) is 33.4 Å². The number of hydrogen-bond acceptors (Lipinski definition) is 2. The van der Waals surface area contributed by atoms with Crippen LogP contribution in [0.25, 0.3) is 0 Å². The maximum Gasteiger partial charge on any atom is 0.123 e. The Kier molecular flexibility index (Phi) is 6.42. The summed E-state index contributed by atoms with van der Waals surface area (Å²) in [5.74, 6) is 0.794. The smallest absolute Gasteiger partial charge is 0.123 e. The fourth-order valence-electron chi connectivity index (χ4n) is 3.96. The van der Waals surface area contributed by atoms with Crippen LogP contribution in [0.3, 0.4) is 0 Å². The summed E-state index contributed by atoms with van der Waals surface area (Å²) >= 11 is 0. The Hall–Kier alpha value is -1.96. The average molecular weight is 424 g/mol. The van der Waals surface area contributed by atoms with E-state index in [0.29, 0.717) is 11.5 Å². The lowest BCUT2D eigenvalue weighted by molar-refractivity contribution is 0.422. The highest BCUT2D eigenvalue weighted by Crippen LogP contribution is 2.43. The minimum absolute atomic E-state index is 0.171. The maximum absolute atomic E-state index is 11.0. The van der Waals surface area contributed by atoms with Gasteiger partial charge in [-0.25, -0.2) is 0 Å². The lowest BCUT2D eigenvalue weighted by atomic mass is 9.76. The van der Waals surface area contributed by atoms with E-state index in [9.17, 15) is 10.2 Å². The molecule has 1 radical (unpaired) electrons. The van der Waals surface area contributed by atoms with Crippen molar-refractivity contribution in [3.63, 3.8) is 0 Å². The molecule has 0 aromatic heterocycles. The van der Waals surface area contributed by atoms with E-state index in [1.165, 1.54) is 0 Å². The molecule has 2 heteroatoms. The molecule has 2 aromatic carbocycles. The summed E-state index contributed by atoms with van der Waals surface area (Å²) in [5, 5.41) is 22.1. The highest BCUT2D eigenvalue weighted by molar-refractivity contribution is 5.56. The maximum atomic E-state index is 11.0. The second kappa shape index (κ2) is 7.87. The third-order valence-electron chi connectivity index (χ3n) is 5.83. The first-order valence-electron chi connectivity index (χ1n) is 11.3. The summed E-state index contributed by atoms with van der Waals surface area (Å²) in [7, 11) is 0. The van der Waals surface area contributed by atoms with Crippen molar-refractivity contribution in [3.05, 3.63) is 64.1 Å². The molecule has 2 nitrogen and oxygen atoms in total. The monoisotopic (exact) mass is 423 g/mol. The molecule has 31 heavy (non-hydrogen) atoms. The number of aromatic hydroxyl groups is 2. The van der Waals surface area contributed by atoms with Gasteiger partial charge in [-0.05, 0) is 55.0 Å². The molecule has 0 aliphatic rings. The second-order valence-electron chi connectivity index (χ2n) is 13.1. The molecule has 0 heterocycles. The molecular weight excluding hydrogens is 380 g/mol. The zero-order valence-corrected chi connectivity index (χ0v) is 21.8. The van der Waals surface area contributed by atoms with E-state index in [2.05, 4.69) is 114 Å². The van der Waals surface area contributed by atoms with Crippen molar-refractivity contribution in [1.82, 2.24) is 0 Å². The van der Waals surface area contributed by atoms with Gasteiger partial charge in [0.05, 0.1) is 0 Å². The molecule has 0 aliphatic heterocycles. The average Bonchev–Trinajstić information content (AvgIpc) is 2.53. The molecule has 0 saturated carbocycles. The van der Waals surface area contributed by atoms with E-state index in [-0.39, 0.29) is 21.7 Å². The van der Waals surface area contributed by atoms with Crippen LogP contribution >= 0.6 is 0 Å². The summed E-state index contributed by atoms with van der Waals surface area (Å²) in [4.78, 5) is 0. The van der Waals surface area contributed by atoms with Crippen LogP contribution in [0.2, 0.25) is 0 Å². The normalized spacial score (nSPS) is 13.5. The largest absolute Gasteiger partial charge is 0.507 e. The molecule has 2 rings (SSSR count). The Morgan fingerprint density at radius 2 is 0.645 bits per heavy atom. The Morgan fingerprint density at radius 3 is 0.806 bits per heavy atom. The van der Waals surface area contributed by atoms with Gasteiger partial charge in [-0.2, -0.15) is 0 Å². The van der Waals surface area contributed by atoms with Gasteiger partial charge in [0.25, 0.3) is 0 Å². The summed E-state index contributed by atoms with van der Waals surface area (Å²) < 4.78 is 0. The minimum atomic E-state index is -0.171. The quantitative estimate of drug-likeness (QED) is 0.515. The van der Waals surface area contributed by atoms with Crippen LogP contribution in [0.15, 0.2) is 24.3 Å². The van der Waals surface area contributed by atoms with Crippen LogP contribution in [-0.2, 0) is 21.7 Å². The Bertz CT molecular complexity index is 803. The number of hydrogen-bond donors (Lipinski definition) is 2. The van der Waals surface area contributed by atoms with Crippen LogP contribution in [0.1, 0.15) is 116 Å². The third kappa shape index (κ3) is 5.64. The van der Waals surface area contributed by atoms with Gasteiger partial charge in [-0.3, -0.25) is 0 Å². The summed E-state index contributed by atoms with van der Waals surface area (Å²) in [6, 6.07) is 8.41. The number of phenols is 2. The number of benzene rings is 2. The molecule has 0 amide bonds. The SMILES string of the molecule is CC(C)(C)c1cc([CH]c2cc(C(C)(C)C)c(O)c(C(C)(C)C)c2)cc(C(C)(C)C)c1O. The van der Waals surface area contributed by atoms with E-state index in [1.54, 1.807) is 0 Å². The zero-order chi connectivity index (χ0) is 24.2. The summed E-state index contributed by atoms with van der Waals surface area (Å²) in [6.07, 6.45) is 2.17. The molecule has 0 unspecified atom stereocenters. The van der Waals surface area contributed by atoms with Crippen molar-refractivity contribution in [1.29, 1.82) is 0 Å². The van der Waals surface area contributed by atoms with Gasteiger partial charge in [0.2, 0.25) is 0 Å². The molecule has 0 fully saturated rings. The molecule has 0 saturated heterocycles. The van der Waals surface area contributed by atoms with Crippen LogP contribution in [0.4, 0.5) is 0 Å². The fraction of sp³-hybridized carbons (Fsp3) is 0.552. The van der Waals surface area contributed by atoms with Gasteiger partial charge in [0.1, 0.15) is 11.5 Å². The second-order valence-corrected chi connectivity index (χ2v) is 13.1. The van der Waals surface area contributed by atoms with Gasteiger partial charge in [-0.15, -0.1) is 0 Å². The van der Waals surface area contributed by atoms with Crippen molar-refractivity contribution in [2.75, 3.05) is 0 Å². The molecule has 0 atom stereocenters. The van der Waals surface area contributed by atoms with Gasteiger partial charge in [0, 0.05) is 6.42 Å². The lowest BCUT2D eigenvalue weighted by Gasteiger charge is -2.29. The van der Waals surface area contributed by atoms with Crippen molar-refractivity contribution in [2.45, 2.75) is 105 Å². The van der Waals surface area contributed by atoms with Crippen LogP contribution in [-0.4, -0.2) is 10.2 Å². The van der Waals surface area contributed by atoms with E-state index >= 15 is 0 Å².